The van der Waals surface area contributed by atoms with Gasteiger partial charge in [-0.2, -0.15) is 5.10 Å². The largest absolute Gasteiger partial charge is 0.263 e. The highest BCUT2D eigenvalue weighted by Gasteiger charge is 2.18. The third-order valence-electron chi connectivity index (χ3n) is 2.69. The molecule has 0 amide bonds. The Morgan fingerprint density at radius 1 is 1.47 bits per heavy atom. The third-order valence-corrected chi connectivity index (χ3v) is 5.21. The molecule has 2 rings (SSSR count). The van der Waals surface area contributed by atoms with E-state index in [0.29, 0.717) is 13.0 Å². The second-order valence-corrected chi connectivity index (χ2v) is 7.09. The molecule has 0 aliphatic carbocycles. The fourth-order valence-corrected chi connectivity index (χ4v) is 3.73. The van der Waals surface area contributed by atoms with E-state index in [4.69, 9.17) is 0 Å². The Labute approximate surface area is 117 Å². The zero-order valence-corrected chi connectivity index (χ0v) is 12.3. The van der Waals surface area contributed by atoms with Crippen LogP contribution in [0.2, 0.25) is 0 Å². The molecule has 104 valence electrons. The van der Waals surface area contributed by atoms with E-state index in [9.17, 15) is 8.42 Å². The number of sulfonamides is 1. The molecule has 7 heteroatoms. The summed E-state index contributed by atoms with van der Waals surface area (Å²) in [4.78, 5) is 1.09. The second kappa shape index (κ2) is 6.31. The molecule has 0 fully saturated rings. The Morgan fingerprint density at radius 2 is 2.32 bits per heavy atom. The SMILES string of the molecule is CCCS(=O)(=O)NCC(c1cccs1)n1cccn1. The molecule has 1 atom stereocenters. The van der Waals surface area contributed by atoms with Crippen LogP contribution in [-0.4, -0.2) is 30.5 Å². The van der Waals surface area contributed by atoms with Crippen LogP contribution in [0.25, 0.3) is 0 Å². The number of nitrogens with one attached hydrogen (secondary N) is 1. The standard InChI is InChI=1S/C12H17N3O2S2/c1-2-9-19(16,17)14-10-11(12-5-3-8-18-12)15-7-4-6-13-15/h3-8,11,14H,2,9-10H2,1H3. The molecular formula is C12H17N3O2S2. The Morgan fingerprint density at radius 3 is 2.89 bits per heavy atom. The van der Waals surface area contributed by atoms with E-state index in [1.807, 2.05) is 36.7 Å². The van der Waals surface area contributed by atoms with Gasteiger partial charge in [0.05, 0.1) is 11.8 Å². The van der Waals surface area contributed by atoms with Gasteiger partial charge in [0.1, 0.15) is 0 Å². The molecule has 0 bridgehead atoms. The van der Waals surface area contributed by atoms with Crippen molar-refractivity contribution in [3.8, 4) is 0 Å². The monoisotopic (exact) mass is 299 g/mol. The fourth-order valence-electron chi connectivity index (χ4n) is 1.82. The first-order chi connectivity index (χ1) is 9.12. The lowest BCUT2D eigenvalue weighted by Gasteiger charge is -2.17. The summed E-state index contributed by atoms with van der Waals surface area (Å²) in [6.45, 7) is 2.17. The van der Waals surface area contributed by atoms with Crippen molar-refractivity contribution < 1.29 is 8.42 Å². The maximum Gasteiger partial charge on any atom is 0.211 e. The van der Waals surface area contributed by atoms with Gasteiger partial charge in [-0.15, -0.1) is 11.3 Å². The topological polar surface area (TPSA) is 64.0 Å². The van der Waals surface area contributed by atoms with Crippen LogP contribution in [0.1, 0.15) is 24.3 Å². The van der Waals surface area contributed by atoms with Gasteiger partial charge in [0, 0.05) is 23.8 Å². The minimum absolute atomic E-state index is 0.0957. The molecule has 1 N–H and O–H groups in total. The van der Waals surface area contributed by atoms with Crippen LogP contribution >= 0.6 is 11.3 Å². The van der Waals surface area contributed by atoms with Gasteiger partial charge in [-0.05, 0) is 23.9 Å². The van der Waals surface area contributed by atoms with Crippen molar-refractivity contribution in [2.75, 3.05) is 12.3 Å². The van der Waals surface area contributed by atoms with Crippen molar-refractivity contribution in [3.63, 3.8) is 0 Å². The van der Waals surface area contributed by atoms with Gasteiger partial charge >= 0.3 is 0 Å². The van der Waals surface area contributed by atoms with Crippen LogP contribution < -0.4 is 4.72 Å². The highest BCUT2D eigenvalue weighted by atomic mass is 32.2. The number of hydrogen-bond donors (Lipinski definition) is 1. The molecule has 2 aromatic heterocycles. The Kier molecular flexibility index (Phi) is 4.73. The Bertz CT molecular complexity index is 542. The van der Waals surface area contributed by atoms with Crippen molar-refractivity contribution in [2.24, 2.45) is 0 Å². The predicted octanol–water partition coefficient (Wildman–Crippen LogP) is 1.86. The van der Waals surface area contributed by atoms with Crippen LogP contribution in [0.15, 0.2) is 36.0 Å². The van der Waals surface area contributed by atoms with E-state index in [1.165, 1.54) is 0 Å². The fraction of sp³-hybridized carbons (Fsp3) is 0.417. The quantitative estimate of drug-likeness (QED) is 0.849. The molecule has 0 aliphatic heterocycles. The van der Waals surface area contributed by atoms with E-state index >= 15 is 0 Å². The summed E-state index contributed by atoms with van der Waals surface area (Å²) in [7, 11) is -3.20. The lowest BCUT2D eigenvalue weighted by atomic mass is 10.2. The highest BCUT2D eigenvalue weighted by Crippen LogP contribution is 2.22. The molecule has 0 saturated heterocycles. The van der Waals surface area contributed by atoms with Gasteiger partial charge in [0.15, 0.2) is 0 Å². The minimum Gasteiger partial charge on any atom is -0.263 e. The Hall–Kier alpha value is -1.18. The first-order valence-electron chi connectivity index (χ1n) is 6.12. The first-order valence-corrected chi connectivity index (χ1v) is 8.65. The van der Waals surface area contributed by atoms with Crippen LogP contribution in [0.3, 0.4) is 0 Å². The van der Waals surface area contributed by atoms with Gasteiger partial charge in [0.25, 0.3) is 0 Å². The number of rotatable bonds is 7. The maximum atomic E-state index is 11.7. The maximum absolute atomic E-state index is 11.7. The van der Waals surface area contributed by atoms with Crippen LogP contribution in [0.4, 0.5) is 0 Å². The molecule has 19 heavy (non-hydrogen) atoms. The summed E-state index contributed by atoms with van der Waals surface area (Å²) >= 11 is 1.60. The predicted molar refractivity (Wildman–Crippen MR) is 76.8 cm³/mol. The van der Waals surface area contributed by atoms with Gasteiger partial charge in [0.2, 0.25) is 10.0 Å². The first kappa shape index (κ1) is 14.2. The summed E-state index contributed by atoms with van der Waals surface area (Å²) in [6.07, 6.45) is 4.15. The van der Waals surface area contributed by atoms with Crippen LogP contribution in [0.5, 0.6) is 0 Å². The summed E-state index contributed by atoms with van der Waals surface area (Å²) in [5, 5.41) is 6.19. The molecule has 2 heterocycles. The normalized spacial score (nSPS) is 13.5. The van der Waals surface area contributed by atoms with Crippen LogP contribution in [-0.2, 0) is 10.0 Å². The van der Waals surface area contributed by atoms with E-state index in [0.717, 1.165) is 4.88 Å². The third kappa shape index (κ3) is 3.89. The second-order valence-electron chi connectivity index (χ2n) is 4.18. The molecule has 0 spiro atoms. The molecule has 0 saturated carbocycles. The van der Waals surface area contributed by atoms with Crippen molar-refractivity contribution >= 4 is 21.4 Å². The Balaban J connectivity index is 2.12. The van der Waals surface area contributed by atoms with E-state index in [1.54, 1.807) is 22.2 Å². The van der Waals surface area contributed by atoms with Gasteiger partial charge < -0.3 is 0 Å². The number of nitrogens with zero attached hydrogens (tertiary/aromatic N) is 2. The van der Waals surface area contributed by atoms with Gasteiger partial charge in [-0.3, -0.25) is 4.68 Å². The molecule has 0 aromatic carbocycles. The summed E-state index contributed by atoms with van der Waals surface area (Å²) < 4.78 is 27.9. The highest BCUT2D eigenvalue weighted by molar-refractivity contribution is 7.89. The van der Waals surface area contributed by atoms with Crippen LogP contribution in [0, 0.1) is 0 Å². The van der Waals surface area contributed by atoms with Crippen molar-refractivity contribution in [2.45, 2.75) is 19.4 Å². The average molecular weight is 299 g/mol. The minimum atomic E-state index is -3.20. The molecule has 5 nitrogen and oxygen atoms in total. The van der Waals surface area contributed by atoms with E-state index < -0.39 is 10.0 Å². The molecular weight excluding hydrogens is 282 g/mol. The number of aromatic nitrogens is 2. The molecule has 0 aliphatic rings. The van der Waals surface area contributed by atoms with Crippen molar-refractivity contribution in [1.29, 1.82) is 0 Å². The average Bonchev–Trinajstić information content (AvgIpc) is 3.01. The zero-order chi connectivity index (χ0) is 13.7. The van der Waals surface area contributed by atoms with E-state index in [2.05, 4.69) is 9.82 Å². The van der Waals surface area contributed by atoms with Gasteiger partial charge in [-0.1, -0.05) is 13.0 Å². The zero-order valence-electron chi connectivity index (χ0n) is 10.7. The molecule has 0 radical (unpaired) electrons. The smallest absolute Gasteiger partial charge is 0.211 e. The van der Waals surface area contributed by atoms with Crippen molar-refractivity contribution in [1.82, 2.24) is 14.5 Å². The lowest BCUT2D eigenvalue weighted by molar-refractivity contribution is 0.511. The van der Waals surface area contributed by atoms with Crippen molar-refractivity contribution in [3.05, 3.63) is 40.8 Å². The lowest BCUT2D eigenvalue weighted by Crippen LogP contribution is -2.32. The molecule has 1 unspecified atom stereocenters. The summed E-state index contributed by atoms with van der Waals surface area (Å²) in [6, 6.07) is 5.69. The summed E-state index contributed by atoms with van der Waals surface area (Å²) in [5.41, 5.74) is 0. The molecule has 2 aromatic rings. The van der Waals surface area contributed by atoms with Gasteiger partial charge in [-0.25, -0.2) is 13.1 Å². The summed E-state index contributed by atoms with van der Waals surface area (Å²) in [5.74, 6) is 0.156. The van der Waals surface area contributed by atoms with E-state index in [-0.39, 0.29) is 11.8 Å². The number of thiophene rings is 1. The number of hydrogen-bond acceptors (Lipinski definition) is 4.